The fourth-order valence-corrected chi connectivity index (χ4v) is 4.91. The van der Waals surface area contributed by atoms with Crippen molar-refractivity contribution in [3.8, 4) is 16.9 Å². The number of hydrogen-bond acceptors (Lipinski definition) is 7. The van der Waals surface area contributed by atoms with Crippen LogP contribution in [0.1, 0.15) is 24.1 Å². The highest BCUT2D eigenvalue weighted by molar-refractivity contribution is 7.98. The lowest BCUT2D eigenvalue weighted by Gasteiger charge is -2.19. The quantitative estimate of drug-likeness (QED) is 0.259. The summed E-state index contributed by atoms with van der Waals surface area (Å²) in [7, 11) is -3.39. The lowest BCUT2D eigenvalue weighted by Crippen LogP contribution is -2.28. The summed E-state index contributed by atoms with van der Waals surface area (Å²) in [5, 5.41) is 19.8. The van der Waals surface area contributed by atoms with Crippen LogP contribution in [0.3, 0.4) is 0 Å². The van der Waals surface area contributed by atoms with E-state index in [1.807, 2.05) is 35.1 Å². The maximum absolute atomic E-state index is 12.1. The number of aromatic nitrogens is 1. The molecule has 2 atom stereocenters. The van der Waals surface area contributed by atoms with Crippen molar-refractivity contribution in [2.24, 2.45) is 0 Å². The van der Waals surface area contributed by atoms with Gasteiger partial charge < -0.3 is 14.5 Å². The topological polar surface area (TPSA) is 129 Å². The largest absolute Gasteiger partial charge is 0.481 e. The summed E-state index contributed by atoms with van der Waals surface area (Å²) in [6.07, 6.45) is 1.84. The zero-order chi connectivity index (χ0) is 25.2. The lowest BCUT2D eigenvalue weighted by atomic mass is 9.94. The number of carboxylic acids is 1. The summed E-state index contributed by atoms with van der Waals surface area (Å²) in [6.45, 7) is 3.08. The maximum atomic E-state index is 12.1. The molecule has 0 bridgehead atoms. The molecule has 0 aliphatic rings. The van der Waals surface area contributed by atoms with Crippen molar-refractivity contribution in [1.82, 2.24) is 4.57 Å². The van der Waals surface area contributed by atoms with E-state index in [2.05, 4.69) is 4.84 Å². The summed E-state index contributed by atoms with van der Waals surface area (Å²) in [5.74, 6) is -2.56. The van der Waals surface area contributed by atoms with Crippen molar-refractivity contribution in [2.45, 2.75) is 35.7 Å². The molecule has 1 heterocycles. The van der Waals surface area contributed by atoms with Crippen molar-refractivity contribution in [3.63, 3.8) is 0 Å². The van der Waals surface area contributed by atoms with Crippen LogP contribution in [0.25, 0.3) is 16.9 Å². The third-order valence-electron chi connectivity index (χ3n) is 5.52. The molecular formula is C23H24N2O7S2. The van der Waals surface area contributed by atoms with Crippen LogP contribution in [0.2, 0.25) is 0 Å². The van der Waals surface area contributed by atoms with Gasteiger partial charge in [0.05, 0.1) is 10.6 Å². The predicted molar refractivity (Wildman–Crippen MR) is 129 cm³/mol. The van der Waals surface area contributed by atoms with Gasteiger partial charge >= 0.3 is 5.97 Å². The molecule has 0 aliphatic heterocycles. The number of sulfone groups is 1. The molecule has 180 valence electrons. The fourth-order valence-electron chi connectivity index (χ4n) is 3.87. The summed E-state index contributed by atoms with van der Waals surface area (Å²) >= 11 is 1.58. The molecule has 3 aromatic rings. The minimum Gasteiger partial charge on any atom is -0.481 e. The summed E-state index contributed by atoms with van der Waals surface area (Å²) < 4.78 is 25.6. The van der Waals surface area contributed by atoms with Crippen LogP contribution in [0, 0.1) is 17.0 Å². The monoisotopic (exact) mass is 504 g/mol. The molecule has 0 amide bonds. The van der Waals surface area contributed by atoms with Crippen LogP contribution in [-0.2, 0) is 19.5 Å². The molecule has 2 unspecified atom stereocenters. The SMILES string of the molecule is CSc1ccc(-n2c(-c3ccc(S(C)(=O)=O)cc3)cc(C(C(=O)O)C(C)O[N+](=O)[O-])c2C)cc1. The zero-order valence-electron chi connectivity index (χ0n) is 19.0. The molecular weight excluding hydrogens is 480 g/mol. The summed E-state index contributed by atoms with van der Waals surface area (Å²) in [4.78, 5) is 28.8. The Bertz CT molecular complexity index is 1310. The van der Waals surface area contributed by atoms with E-state index in [4.69, 9.17) is 0 Å². The number of thioether (sulfide) groups is 1. The van der Waals surface area contributed by atoms with Gasteiger partial charge in [-0.15, -0.1) is 21.9 Å². The van der Waals surface area contributed by atoms with Gasteiger partial charge in [0.2, 0.25) is 0 Å². The third kappa shape index (κ3) is 5.26. The second kappa shape index (κ2) is 9.90. The van der Waals surface area contributed by atoms with Crippen LogP contribution in [0.5, 0.6) is 0 Å². The number of carboxylic acid groups (broad SMARTS) is 1. The minimum atomic E-state index is -3.39. The Morgan fingerprint density at radius 2 is 1.74 bits per heavy atom. The molecule has 3 rings (SSSR count). The molecule has 0 saturated heterocycles. The number of aliphatic carboxylic acids is 1. The van der Waals surface area contributed by atoms with E-state index in [0.29, 0.717) is 22.5 Å². The van der Waals surface area contributed by atoms with E-state index in [0.717, 1.165) is 16.8 Å². The molecule has 0 aliphatic carbocycles. The molecule has 0 radical (unpaired) electrons. The Balaban J connectivity index is 2.24. The Hall–Kier alpha value is -3.31. The van der Waals surface area contributed by atoms with Gasteiger partial charge in [-0.05, 0) is 73.7 Å². The molecule has 2 aromatic carbocycles. The first-order valence-electron chi connectivity index (χ1n) is 10.1. The van der Waals surface area contributed by atoms with Crippen LogP contribution in [0.15, 0.2) is 64.4 Å². The number of hydrogen-bond donors (Lipinski definition) is 1. The Morgan fingerprint density at radius 3 is 2.21 bits per heavy atom. The van der Waals surface area contributed by atoms with Crippen LogP contribution < -0.4 is 0 Å². The average molecular weight is 505 g/mol. The molecule has 0 saturated carbocycles. The predicted octanol–water partition coefficient (Wildman–Crippen LogP) is 4.34. The summed E-state index contributed by atoms with van der Waals surface area (Å²) in [6, 6.07) is 15.6. The molecule has 0 fully saturated rings. The average Bonchev–Trinajstić information content (AvgIpc) is 3.09. The van der Waals surface area contributed by atoms with E-state index < -0.39 is 32.9 Å². The fraction of sp³-hybridized carbons (Fsp3) is 0.261. The van der Waals surface area contributed by atoms with Gasteiger partial charge in [-0.3, -0.25) is 4.79 Å². The molecule has 9 nitrogen and oxygen atoms in total. The van der Waals surface area contributed by atoms with E-state index in [9.17, 15) is 28.4 Å². The first kappa shape index (κ1) is 25.3. The van der Waals surface area contributed by atoms with Gasteiger partial charge in [-0.1, -0.05) is 12.1 Å². The van der Waals surface area contributed by atoms with Crippen LogP contribution >= 0.6 is 11.8 Å². The number of rotatable bonds is 9. The van der Waals surface area contributed by atoms with Gasteiger partial charge in [0.15, 0.2) is 9.84 Å². The summed E-state index contributed by atoms with van der Waals surface area (Å²) in [5.41, 5.74) is 2.96. The molecule has 11 heteroatoms. The van der Waals surface area contributed by atoms with Gasteiger partial charge in [0.1, 0.15) is 12.0 Å². The second-order valence-electron chi connectivity index (χ2n) is 7.75. The number of carbonyl (C=O) groups is 1. The lowest BCUT2D eigenvalue weighted by molar-refractivity contribution is -0.768. The highest BCUT2D eigenvalue weighted by Gasteiger charge is 2.33. The van der Waals surface area contributed by atoms with Crippen molar-refractivity contribution >= 4 is 27.6 Å². The Morgan fingerprint density at radius 1 is 1.15 bits per heavy atom. The van der Waals surface area contributed by atoms with E-state index in [1.54, 1.807) is 36.9 Å². The highest BCUT2D eigenvalue weighted by Crippen LogP contribution is 2.36. The first-order valence-corrected chi connectivity index (χ1v) is 13.3. The molecule has 0 spiro atoms. The first-order chi connectivity index (χ1) is 15.9. The smallest absolute Gasteiger partial charge is 0.313 e. The highest BCUT2D eigenvalue weighted by atomic mass is 32.2. The van der Waals surface area contributed by atoms with Gasteiger partial charge in [-0.25, -0.2) is 8.42 Å². The second-order valence-corrected chi connectivity index (χ2v) is 10.6. The Kier molecular flexibility index (Phi) is 7.37. The van der Waals surface area contributed by atoms with Gasteiger partial charge in [0, 0.05) is 22.5 Å². The van der Waals surface area contributed by atoms with Gasteiger partial charge in [0.25, 0.3) is 5.09 Å². The van der Waals surface area contributed by atoms with Crippen molar-refractivity contribution in [2.75, 3.05) is 12.5 Å². The van der Waals surface area contributed by atoms with E-state index >= 15 is 0 Å². The van der Waals surface area contributed by atoms with Crippen molar-refractivity contribution < 1.29 is 28.2 Å². The van der Waals surface area contributed by atoms with Crippen molar-refractivity contribution in [3.05, 3.63) is 76.0 Å². The standard InChI is InChI=1S/C23H24N2O7S2/c1-14-20(22(23(26)27)15(2)32-25(28)29)13-21(16-5-11-19(12-6-16)34(4,30)31)24(14)17-7-9-18(33-3)10-8-17/h5-13,15,22H,1-4H3,(H,26,27). The number of nitrogens with zero attached hydrogens (tertiary/aromatic N) is 2. The van der Waals surface area contributed by atoms with Crippen LogP contribution in [-0.4, -0.2) is 47.8 Å². The maximum Gasteiger partial charge on any atom is 0.313 e. The minimum absolute atomic E-state index is 0.159. The van der Waals surface area contributed by atoms with Crippen molar-refractivity contribution in [1.29, 1.82) is 0 Å². The van der Waals surface area contributed by atoms with Gasteiger partial charge in [-0.2, -0.15) is 0 Å². The third-order valence-corrected chi connectivity index (χ3v) is 7.39. The molecule has 1 N–H and O–H groups in total. The molecule has 34 heavy (non-hydrogen) atoms. The number of benzene rings is 2. The normalized spacial score (nSPS) is 13.3. The molecule has 1 aromatic heterocycles. The zero-order valence-corrected chi connectivity index (χ0v) is 20.6. The van der Waals surface area contributed by atoms with Crippen LogP contribution in [0.4, 0.5) is 0 Å². The van der Waals surface area contributed by atoms with E-state index in [-0.39, 0.29) is 4.90 Å². The Labute approximate surface area is 201 Å². The van der Waals surface area contributed by atoms with E-state index in [1.165, 1.54) is 19.1 Å².